The summed E-state index contributed by atoms with van der Waals surface area (Å²) in [5.74, 6) is 1.04. The number of para-hydroxylation sites is 1. The van der Waals surface area contributed by atoms with Crippen molar-refractivity contribution in [2.24, 2.45) is 0 Å². The van der Waals surface area contributed by atoms with E-state index in [1.807, 2.05) is 0 Å². The highest BCUT2D eigenvalue weighted by Gasteiger charge is 2.14. The van der Waals surface area contributed by atoms with E-state index >= 15 is 0 Å². The first-order valence-corrected chi connectivity index (χ1v) is 4.63. The molecule has 82 valence electrons. The standard InChI is InChI=1S/C11H15NO3/c1-12-7-9(13)8-5-4-6-10(14-2)11(8)15-3/h4-6,12H,7H2,1-3H3. The minimum absolute atomic E-state index is 0.0201. The summed E-state index contributed by atoms with van der Waals surface area (Å²) in [5.41, 5.74) is 0.534. The molecule has 0 fully saturated rings. The molecule has 0 atom stereocenters. The average Bonchev–Trinajstić information content (AvgIpc) is 2.28. The summed E-state index contributed by atoms with van der Waals surface area (Å²) < 4.78 is 10.3. The predicted molar refractivity (Wildman–Crippen MR) is 57.8 cm³/mol. The van der Waals surface area contributed by atoms with E-state index in [9.17, 15) is 4.79 Å². The van der Waals surface area contributed by atoms with Gasteiger partial charge in [-0.15, -0.1) is 0 Å². The van der Waals surface area contributed by atoms with Crippen LogP contribution >= 0.6 is 0 Å². The van der Waals surface area contributed by atoms with Gasteiger partial charge in [-0.1, -0.05) is 6.07 Å². The summed E-state index contributed by atoms with van der Waals surface area (Å²) in [6, 6.07) is 5.25. The molecule has 0 amide bonds. The number of Topliss-reactive ketones (excluding diaryl/α,β-unsaturated/α-hetero) is 1. The van der Waals surface area contributed by atoms with Crippen molar-refractivity contribution in [3.05, 3.63) is 23.8 Å². The Balaban J connectivity index is 3.11. The van der Waals surface area contributed by atoms with E-state index in [2.05, 4.69) is 5.32 Å². The molecular weight excluding hydrogens is 194 g/mol. The molecule has 4 nitrogen and oxygen atoms in total. The second-order valence-corrected chi connectivity index (χ2v) is 2.99. The van der Waals surface area contributed by atoms with Crippen LogP contribution < -0.4 is 14.8 Å². The Morgan fingerprint density at radius 3 is 2.60 bits per heavy atom. The van der Waals surface area contributed by atoms with Gasteiger partial charge in [-0.2, -0.15) is 0 Å². The molecule has 1 rings (SSSR count). The number of carbonyl (C=O) groups is 1. The van der Waals surface area contributed by atoms with Crippen LogP contribution in [0, 0.1) is 0 Å². The van der Waals surface area contributed by atoms with Crippen molar-refractivity contribution in [1.82, 2.24) is 5.32 Å². The lowest BCUT2D eigenvalue weighted by atomic mass is 10.1. The van der Waals surface area contributed by atoms with Gasteiger partial charge in [0.2, 0.25) is 0 Å². The summed E-state index contributed by atoms with van der Waals surface area (Å²) in [4.78, 5) is 11.7. The molecule has 1 aromatic rings. The fourth-order valence-corrected chi connectivity index (χ4v) is 1.36. The van der Waals surface area contributed by atoms with E-state index in [1.54, 1.807) is 32.4 Å². The summed E-state index contributed by atoms with van der Waals surface area (Å²) in [6.07, 6.45) is 0. The van der Waals surface area contributed by atoms with Gasteiger partial charge >= 0.3 is 0 Å². The number of carbonyl (C=O) groups excluding carboxylic acids is 1. The molecule has 0 aromatic heterocycles. The van der Waals surface area contributed by atoms with Crippen LogP contribution in [0.4, 0.5) is 0 Å². The number of hydrogen-bond donors (Lipinski definition) is 1. The average molecular weight is 209 g/mol. The van der Waals surface area contributed by atoms with Crippen molar-refractivity contribution >= 4 is 5.78 Å². The normalized spacial score (nSPS) is 9.80. The molecule has 0 unspecified atom stereocenters. The molecule has 0 heterocycles. The molecule has 0 bridgehead atoms. The van der Waals surface area contributed by atoms with Crippen LogP contribution in [0.5, 0.6) is 11.5 Å². The van der Waals surface area contributed by atoms with Crippen LogP contribution in [-0.2, 0) is 0 Å². The fourth-order valence-electron chi connectivity index (χ4n) is 1.36. The second-order valence-electron chi connectivity index (χ2n) is 2.99. The third-order valence-electron chi connectivity index (χ3n) is 2.04. The topological polar surface area (TPSA) is 47.6 Å². The van der Waals surface area contributed by atoms with Crippen molar-refractivity contribution in [3.63, 3.8) is 0 Å². The fraction of sp³-hybridized carbons (Fsp3) is 0.364. The van der Waals surface area contributed by atoms with Crippen molar-refractivity contribution in [3.8, 4) is 11.5 Å². The second kappa shape index (κ2) is 5.36. The third kappa shape index (κ3) is 2.47. The Kier molecular flexibility index (Phi) is 4.12. The quantitative estimate of drug-likeness (QED) is 0.738. The van der Waals surface area contributed by atoms with Crippen molar-refractivity contribution in [2.75, 3.05) is 27.8 Å². The Bertz CT molecular complexity index is 350. The zero-order chi connectivity index (χ0) is 11.3. The molecule has 0 aliphatic heterocycles. The zero-order valence-corrected chi connectivity index (χ0v) is 9.16. The minimum atomic E-state index is -0.0201. The number of hydrogen-bond acceptors (Lipinski definition) is 4. The van der Waals surface area contributed by atoms with Crippen LogP contribution in [0.2, 0.25) is 0 Å². The molecule has 4 heteroatoms. The van der Waals surface area contributed by atoms with Crippen LogP contribution in [0.3, 0.4) is 0 Å². The van der Waals surface area contributed by atoms with Gasteiger partial charge < -0.3 is 14.8 Å². The van der Waals surface area contributed by atoms with Gasteiger partial charge in [0.1, 0.15) is 0 Å². The number of benzene rings is 1. The van der Waals surface area contributed by atoms with Crippen LogP contribution in [0.15, 0.2) is 18.2 Å². The lowest BCUT2D eigenvalue weighted by Crippen LogP contribution is -2.19. The highest BCUT2D eigenvalue weighted by Crippen LogP contribution is 2.30. The SMILES string of the molecule is CNCC(=O)c1cccc(OC)c1OC. The Hall–Kier alpha value is -1.55. The summed E-state index contributed by atoms with van der Waals surface area (Å²) in [6.45, 7) is 0.281. The first kappa shape index (κ1) is 11.5. The van der Waals surface area contributed by atoms with Gasteiger partial charge in [0.25, 0.3) is 0 Å². The van der Waals surface area contributed by atoms with Crippen molar-refractivity contribution < 1.29 is 14.3 Å². The number of nitrogens with one attached hydrogen (secondary N) is 1. The third-order valence-corrected chi connectivity index (χ3v) is 2.04. The van der Waals surface area contributed by atoms with Crippen molar-refractivity contribution in [1.29, 1.82) is 0 Å². The summed E-state index contributed by atoms with van der Waals surface area (Å²) >= 11 is 0. The van der Waals surface area contributed by atoms with Gasteiger partial charge in [-0.25, -0.2) is 0 Å². The maximum Gasteiger partial charge on any atom is 0.180 e. The van der Waals surface area contributed by atoms with E-state index in [4.69, 9.17) is 9.47 Å². The molecule has 0 aliphatic carbocycles. The highest BCUT2D eigenvalue weighted by molar-refractivity contribution is 6.00. The predicted octanol–water partition coefficient (Wildman–Crippen LogP) is 1.11. The molecule has 0 saturated heterocycles. The van der Waals surface area contributed by atoms with Gasteiger partial charge in [0, 0.05) is 0 Å². The maximum absolute atomic E-state index is 11.7. The Labute approximate surface area is 89.2 Å². The first-order chi connectivity index (χ1) is 7.24. The minimum Gasteiger partial charge on any atom is -0.493 e. The van der Waals surface area contributed by atoms with E-state index in [0.717, 1.165) is 0 Å². The summed E-state index contributed by atoms with van der Waals surface area (Å²) in [5, 5.41) is 2.81. The smallest absolute Gasteiger partial charge is 0.180 e. The largest absolute Gasteiger partial charge is 0.493 e. The van der Waals surface area contributed by atoms with Gasteiger partial charge in [0.15, 0.2) is 17.3 Å². The van der Waals surface area contributed by atoms with Crippen LogP contribution in [-0.4, -0.2) is 33.6 Å². The Morgan fingerprint density at radius 2 is 2.07 bits per heavy atom. The van der Waals surface area contributed by atoms with E-state index in [0.29, 0.717) is 17.1 Å². The van der Waals surface area contributed by atoms with E-state index in [-0.39, 0.29) is 12.3 Å². The molecule has 1 N–H and O–H groups in total. The Morgan fingerprint density at radius 1 is 1.33 bits per heavy atom. The number of methoxy groups -OCH3 is 2. The van der Waals surface area contributed by atoms with Gasteiger partial charge in [0.05, 0.1) is 26.3 Å². The van der Waals surface area contributed by atoms with Crippen LogP contribution in [0.1, 0.15) is 10.4 Å². The van der Waals surface area contributed by atoms with E-state index in [1.165, 1.54) is 7.11 Å². The molecule has 15 heavy (non-hydrogen) atoms. The van der Waals surface area contributed by atoms with Crippen molar-refractivity contribution in [2.45, 2.75) is 0 Å². The van der Waals surface area contributed by atoms with Gasteiger partial charge in [-0.3, -0.25) is 4.79 Å². The molecule has 0 spiro atoms. The van der Waals surface area contributed by atoms with Gasteiger partial charge in [-0.05, 0) is 19.2 Å². The zero-order valence-electron chi connectivity index (χ0n) is 9.16. The highest BCUT2D eigenvalue weighted by atomic mass is 16.5. The lowest BCUT2D eigenvalue weighted by molar-refractivity contribution is 0.0990. The number of rotatable bonds is 5. The first-order valence-electron chi connectivity index (χ1n) is 4.63. The lowest BCUT2D eigenvalue weighted by Gasteiger charge is -2.11. The molecule has 1 aromatic carbocycles. The van der Waals surface area contributed by atoms with Crippen LogP contribution in [0.25, 0.3) is 0 Å². The number of likely N-dealkylation sites (N-methyl/N-ethyl adjacent to an activating group) is 1. The molecule has 0 saturated carbocycles. The molecule has 0 aliphatic rings. The summed E-state index contributed by atoms with van der Waals surface area (Å²) in [7, 11) is 4.79. The van der Waals surface area contributed by atoms with E-state index < -0.39 is 0 Å². The molecule has 0 radical (unpaired) electrons. The number of ether oxygens (including phenoxy) is 2. The monoisotopic (exact) mass is 209 g/mol. The maximum atomic E-state index is 11.7. The number of ketones is 1. The molecular formula is C11H15NO3.